The maximum atomic E-state index is 14.4. The van der Waals surface area contributed by atoms with Gasteiger partial charge in [0.1, 0.15) is 17.1 Å². The van der Waals surface area contributed by atoms with Gasteiger partial charge in [-0.3, -0.25) is 4.79 Å². The van der Waals surface area contributed by atoms with Crippen LogP contribution in [0, 0.1) is 25.1 Å². The van der Waals surface area contributed by atoms with Gasteiger partial charge in [-0.1, -0.05) is 0 Å². The van der Waals surface area contributed by atoms with E-state index in [1.54, 1.807) is 27.0 Å². The number of nitrogens with two attached hydrogens (primary N) is 1. The molecular formula is C24H23FN4O4S. The van der Waals surface area contributed by atoms with Crippen molar-refractivity contribution in [2.45, 2.75) is 30.2 Å². The summed E-state index contributed by atoms with van der Waals surface area (Å²) in [4.78, 5) is 12.9. The summed E-state index contributed by atoms with van der Waals surface area (Å²) in [5.41, 5.74) is 8.32. The lowest BCUT2D eigenvalue weighted by atomic mass is 10.1. The molecule has 10 heteroatoms. The van der Waals surface area contributed by atoms with Crippen LogP contribution in [0.2, 0.25) is 0 Å². The molecule has 0 saturated heterocycles. The van der Waals surface area contributed by atoms with Crippen molar-refractivity contribution in [2.75, 3.05) is 5.73 Å². The number of carbonyl (C=O) groups is 1. The van der Waals surface area contributed by atoms with E-state index in [1.165, 1.54) is 41.2 Å². The van der Waals surface area contributed by atoms with Crippen LogP contribution < -0.4 is 11.1 Å². The van der Waals surface area contributed by atoms with Gasteiger partial charge in [0.2, 0.25) is 9.84 Å². The number of sulfone groups is 1. The van der Waals surface area contributed by atoms with Crippen molar-refractivity contribution in [2.24, 2.45) is 7.05 Å². The molecule has 4 rings (SSSR count). The van der Waals surface area contributed by atoms with E-state index in [1.807, 2.05) is 0 Å². The third-order valence-electron chi connectivity index (χ3n) is 5.98. The molecule has 0 aliphatic rings. The first kappa shape index (κ1) is 23.2. The molecule has 0 spiro atoms. The van der Waals surface area contributed by atoms with Crippen LogP contribution in [0.1, 0.15) is 32.9 Å². The van der Waals surface area contributed by atoms with Crippen LogP contribution in [-0.4, -0.2) is 25.1 Å². The second kappa shape index (κ2) is 8.45. The van der Waals surface area contributed by atoms with E-state index >= 15 is 0 Å². The summed E-state index contributed by atoms with van der Waals surface area (Å²) in [6, 6.07) is 8.47. The van der Waals surface area contributed by atoms with Gasteiger partial charge >= 0.3 is 0 Å². The van der Waals surface area contributed by atoms with Crippen molar-refractivity contribution in [1.29, 1.82) is 5.41 Å². The second-order valence-corrected chi connectivity index (χ2v) is 9.89. The van der Waals surface area contributed by atoms with Gasteiger partial charge in [-0.2, -0.15) is 0 Å². The van der Waals surface area contributed by atoms with Crippen LogP contribution in [0.5, 0.6) is 0 Å². The Morgan fingerprint density at radius 2 is 1.97 bits per heavy atom. The number of nitrogens with zero attached hydrogens (tertiary/aromatic N) is 1. The topological polar surface area (TPSA) is 131 Å². The Hall–Kier alpha value is -3.92. The maximum absolute atomic E-state index is 14.4. The van der Waals surface area contributed by atoms with Gasteiger partial charge in [-0.05, 0) is 55.8 Å². The quantitative estimate of drug-likeness (QED) is 0.284. The zero-order valence-electron chi connectivity index (χ0n) is 18.8. The molecule has 0 aliphatic heterocycles. The Labute approximate surface area is 195 Å². The molecule has 0 atom stereocenters. The number of anilines is 1. The third kappa shape index (κ3) is 3.75. The van der Waals surface area contributed by atoms with Gasteiger partial charge < -0.3 is 25.4 Å². The van der Waals surface area contributed by atoms with E-state index in [-0.39, 0.29) is 27.6 Å². The molecule has 4 N–H and O–H groups in total. The van der Waals surface area contributed by atoms with Gasteiger partial charge in [0.15, 0.2) is 0 Å². The number of carbonyl (C=O) groups excluding carboxylic acids is 1. The van der Waals surface area contributed by atoms with Gasteiger partial charge in [0, 0.05) is 47.7 Å². The Morgan fingerprint density at radius 1 is 1.24 bits per heavy atom. The highest BCUT2D eigenvalue weighted by Gasteiger charge is 2.27. The lowest BCUT2D eigenvalue weighted by Crippen LogP contribution is -2.25. The summed E-state index contributed by atoms with van der Waals surface area (Å²) in [6.07, 6.45) is 2.44. The number of benzene rings is 2. The molecular weight excluding hydrogens is 459 g/mol. The standard InChI is InChI=1S/C24H23FN4O4S/c1-13-8-16(9-15(11-26)23(13)27)34(31,32)22-10-20(29(3)14(22)2)24(30)28-12-18-17-6-7-33-21(17)5-4-19(18)25/h4-11,26H,12,27H2,1-3H3,(H,28,30). The SMILES string of the molecule is Cc1cc(S(=O)(=O)c2cc(C(=O)NCc3c(F)ccc4occc34)n(C)c2C)cc(C=N)c1N. The zero-order valence-corrected chi connectivity index (χ0v) is 19.6. The highest BCUT2D eigenvalue weighted by molar-refractivity contribution is 7.91. The van der Waals surface area contributed by atoms with E-state index in [4.69, 9.17) is 15.6 Å². The Balaban J connectivity index is 1.67. The predicted molar refractivity (Wildman–Crippen MR) is 126 cm³/mol. The predicted octanol–water partition coefficient (Wildman–Crippen LogP) is 3.87. The highest BCUT2D eigenvalue weighted by atomic mass is 32.2. The average molecular weight is 483 g/mol. The number of rotatable bonds is 6. The minimum absolute atomic E-state index is 0.0212. The van der Waals surface area contributed by atoms with E-state index in [0.29, 0.717) is 33.5 Å². The maximum Gasteiger partial charge on any atom is 0.268 e. The molecule has 0 fully saturated rings. The van der Waals surface area contributed by atoms with Crippen molar-refractivity contribution in [3.05, 3.63) is 76.6 Å². The van der Waals surface area contributed by atoms with Gasteiger partial charge in [0.05, 0.1) is 16.1 Å². The van der Waals surface area contributed by atoms with Gasteiger partial charge in [-0.15, -0.1) is 0 Å². The lowest BCUT2D eigenvalue weighted by molar-refractivity contribution is 0.0942. The lowest BCUT2D eigenvalue weighted by Gasteiger charge is -2.10. The Morgan fingerprint density at radius 3 is 2.68 bits per heavy atom. The highest BCUT2D eigenvalue weighted by Crippen LogP contribution is 2.30. The summed E-state index contributed by atoms with van der Waals surface area (Å²) >= 11 is 0. The van der Waals surface area contributed by atoms with Crippen LogP contribution in [0.3, 0.4) is 0 Å². The minimum Gasteiger partial charge on any atom is -0.464 e. The first-order valence-corrected chi connectivity index (χ1v) is 11.8. The van der Waals surface area contributed by atoms with Crippen LogP contribution in [0.15, 0.2) is 56.9 Å². The Bertz CT molecular complexity index is 1570. The number of nitrogens with one attached hydrogen (secondary N) is 2. The molecule has 2 aromatic heterocycles. The number of furan rings is 1. The average Bonchev–Trinajstić information content (AvgIpc) is 3.39. The van der Waals surface area contributed by atoms with Crippen LogP contribution >= 0.6 is 0 Å². The molecule has 0 unspecified atom stereocenters. The first-order chi connectivity index (χ1) is 16.1. The first-order valence-electron chi connectivity index (χ1n) is 10.3. The molecule has 2 aromatic carbocycles. The number of hydrogen-bond acceptors (Lipinski definition) is 6. The molecule has 8 nitrogen and oxygen atoms in total. The molecule has 0 saturated carbocycles. The van der Waals surface area contributed by atoms with E-state index in [9.17, 15) is 17.6 Å². The van der Waals surface area contributed by atoms with Crippen molar-refractivity contribution in [3.8, 4) is 0 Å². The fraction of sp³-hybridized carbons (Fsp3) is 0.167. The number of fused-ring (bicyclic) bond motifs is 1. The fourth-order valence-corrected chi connectivity index (χ4v) is 5.53. The zero-order chi connectivity index (χ0) is 24.8. The van der Waals surface area contributed by atoms with Crippen LogP contribution in [0.4, 0.5) is 10.1 Å². The molecule has 0 bridgehead atoms. The molecule has 34 heavy (non-hydrogen) atoms. The van der Waals surface area contributed by atoms with E-state index in [2.05, 4.69) is 5.32 Å². The summed E-state index contributed by atoms with van der Waals surface area (Å²) in [5.74, 6) is -1.04. The van der Waals surface area contributed by atoms with Crippen molar-refractivity contribution in [1.82, 2.24) is 9.88 Å². The fourth-order valence-electron chi connectivity index (χ4n) is 3.87. The van der Waals surface area contributed by atoms with E-state index < -0.39 is 21.6 Å². The summed E-state index contributed by atoms with van der Waals surface area (Å²) in [6.45, 7) is 3.16. The minimum atomic E-state index is -4.00. The van der Waals surface area contributed by atoms with Crippen molar-refractivity contribution < 1.29 is 22.0 Å². The van der Waals surface area contributed by atoms with Crippen molar-refractivity contribution in [3.63, 3.8) is 0 Å². The molecule has 0 aliphatic carbocycles. The van der Waals surface area contributed by atoms with E-state index in [0.717, 1.165) is 6.21 Å². The van der Waals surface area contributed by atoms with Crippen LogP contribution in [-0.2, 0) is 23.4 Å². The summed E-state index contributed by atoms with van der Waals surface area (Å²) < 4.78 is 47.9. The number of aromatic nitrogens is 1. The molecule has 1 amide bonds. The largest absolute Gasteiger partial charge is 0.464 e. The number of amides is 1. The monoisotopic (exact) mass is 482 g/mol. The molecule has 4 aromatic rings. The summed E-state index contributed by atoms with van der Waals surface area (Å²) in [5, 5.41) is 10.7. The normalized spacial score (nSPS) is 11.6. The molecule has 2 heterocycles. The number of hydrogen-bond donors (Lipinski definition) is 3. The van der Waals surface area contributed by atoms with Crippen LogP contribution in [0.25, 0.3) is 11.0 Å². The number of halogens is 1. The summed E-state index contributed by atoms with van der Waals surface area (Å²) in [7, 11) is -2.42. The number of aryl methyl sites for hydroxylation is 1. The third-order valence-corrected chi connectivity index (χ3v) is 7.83. The smallest absolute Gasteiger partial charge is 0.268 e. The second-order valence-electron chi connectivity index (χ2n) is 7.97. The van der Waals surface area contributed by atoms with Gasteiger partial charge in [0.25, 0.3) is 5.91 Å². The van der Waals surface area contributed by atoms with Crippen molar-refractivity contribution >= 4 is 38.6 Å². The molecule has 176 valence electrons. The molecule has 0 radical (unpaired) electrons. The Kier molecular flexibility index (Phi) is 5.78. The van der Waals surface area contributed by atoms with Gasteiger partial charge in [-0.25, -0.2) is 12.8 Å². The number of nitrogen functional groups attached to an aromatic ring is 1.